The van der Waals surface area contributed by atoms with Crippen molar-refractivity contribution in [2.45, 2.75) is 51.7 Å². The Balaban J connectivity index is 1.31. The van der Waals surface area contributed by atoms with Gasteiger partial charge in [0.2, 0.25) is 11.8 Å². The van der Waals surface area contributed by atoms with Crippen LogP contribution < -0.4 is 10.6 Å². The molecule has 0 radical (unpaired) electrons. The fraction of sp³-hybridized carbons (Fsp3) is 0.577. The third-order valence-corrected chi connectivity index (χ3v) is 5.64. The van der Waals surface area contributed by atoms with Gasteiger partial charge in [0.25, 0.3) is 11.8 Å². The van der Waals surface area contributed by atoms with Gasteiger partial charge in [0.1, 0.15) is 11.6 Å². The number of carbonyl (C=O) groups is 5. The molecule has 3 rings (SSSR count). The molecule has 0 saturated carbocycles. The molecule has 2 heterocycles. The van der Waals surface area contributed by atoms with E-state index in [4.69, 9.17) is 18.9 Å². The molecule has 1 atom stereocenters. The maximum Gasteiger partial charge on any atom is 0.308 e. The summed E-state index contributed by atoms with van der Waals surface area (Å²) in [4.78, 5) is 62.1. The summed E-state index contributed by atoms with van der Waals surface area (Å²) in [6.07, 6.45) is 0.358. The predicted octanol–water partition coefficient (Wildman–Crippen LogP) is 1.28. The first kappa shape index (κ1) is 29.2. The molecule has 4 amide bonds. The van der Waals surface area contributed by atoms with Crippen LogP contribution in [0.25, 0.3) is 0 Å². The lowest BCUT2D eigenvalue weighted by atomic mass is 10.0. The van der Waals surface area contributed by atoms with Crippen molar-refractivity contribution in [2.24, 2.45) is 0 Å². The van der Waals surface area contributed by atoms with Crippen molar-refractivity contribution in [1.82, 2.24) is 10.2 Å². The zero-order chi connectivity index (χ0) is 27.7. The molecule has 1 unspecified atom stereocenters. The molecule has 2 aliphatic rings. The number of imide groups is 2. The smallest absolute Gasteiger partial charge is 0.308 e. The second-order valence-corrected chi connectivity index (χ2v) is 9.78. The van der Waals surface area contributed by atoms with Crippen LogP contribution >= 0.6 is 0 Å². The first-order valence-corrected chi connectivity index (χ1v) is 12.6. The second kappa shape index (κ2) is 13.4. The SMILES string of the molecule is CC(C)(C)OC(=O)CCOCCOCCOCCNc1cccc2c1C(=O)N(C1CCC(=O)NC1=O)C2=O. The quantitative estimate of drug-likeness (QED) is 0.203. The number of anilines is 1. The molecule has 208 valence electrons. The Kier molecular flexibility index (Phi) is 10.3. The van der Waals surface area contributed by atoms with Gasteiger partial charge >= 0.3 is 5.97 Å². The Labute approximate surface area is 221 Å². The number of fused-ring (bicyclic) bond motifs is 1. The second-order valence-electron chi connectivity index (χ2n) is 9.78. The van der Waals surface area contributed by atoms with E-state index < -0.39 is 35.3 Å². The minimum Gasteiger partial charge on any atom is -0.460 e. The number of carbonyl (C=O) groups excluding carboxylic acids is 5. The third-order valence-electron chi connectivity index (χ3n) is 5.64. The molecule has 2 N–H and O–H groups in total. The highest BCUT2D eigenvalue weighted by Crippen LogP contribution is 2.32. The molecule has 1 saturated heterocycles. The molecular formula is C26H35N3O9. The molecule has 0 bridgehead atoms. The van der Waals surface area contributed by atoms with Crippen LogP contribution in [0.15, 0.2) is 18.2 Å². The summed E-state index contributed by atoms with van der Waals surface area (Å²) in [6, 6.07) is 3.88. The number of ether oxygens (including phenoxy) is 4. The summed E-state index contributed by atoms with van der Waals surface area (Å²) in [5.41, 5.74) is 0.384. The summed E-state index contributed by atoms with van der Waals surface area (Å²) < 4.78 is 21.5. The minimum atomic E-state index is -1.01. The van der Waals surface area contributed by atoms with E-state index in [0.717, 1.165) is 4.90 Å². The van der Waals surface area contributed by atoms with E-state index in [1.807, 2.05) is 20.8 Å². The monoisotopic (exact) mass is 533 g/mol. The van der Waals surface area contributed by atoms with Crippen LogP contribution in [0.4, 0.5) is 5.69 Å². The third kappa shape index (κ3) is 8.07. The van der Waals surface area contributed by atoms with Crippen molar-refractivity contribution >= 4 is 35.3 Å². The van der Waals surface area contributed by atoms with Crippen molar-refractivity contribution in [3.05, 3.63) is 29.3 Å². The highest BCUT2D eigenvalue weighted by Gasteiger charge is 2.45. The van der Waals surface area contributed by atoms with Crippen LogP contribution in [0.3, 0.4) is 0 Å². The van der Waals surface area contributed by atoms with Gasteiger partial charge in [-0.25, -0.2) is 0 Å². The van der Waals surface area contributed by atoms with Gasteiger partial charge in [-0.3, -0.25) is 34.2 Å². The molecule has 1 aromatic carbocycles. The lowest BCUT2D eigenvalue weighted by Gasteiger charge is -2.27. The Morgan fingerprint density at radius 1 is 0.974 bits per heavy atom. The summed E-state index contributed by atoms with van der Waals surface area (Å²) >= 11 is 0. The molecule has 1 fully saturated rings. The highest BCUT2D eigenvalue weighted by atomic mass is 16.6. The lowest BCUT2D eigenvalue weighted by molar-refractivity contribution is -0.156. The molecule has 1 aromatic rings. The lowest BCUT2D eigenvalue weighted by Crippen LogP contribution is -2.54. The van der Waals surface area contributed by atoms with Crippen molar-refractivity contribution in [3.8, 4) is 0 Å². The average Bonchev–Trinajstić information content (AvgIpc) is 3.09. The average molecular weight is 534 g/mol. The number of piperidine rings is 1. The Bertz CT molecular complexity index is 1050. The van der Waals surface area contributed by atoms with Crippen molar-refractivity contribution in [2.75, 3.05) is 51.5 Å². The van der Waals surface area contributed by atoms with E-state index in [-0.39, 0.29) is 43.0 Å². The van der Waals surface area contributed by atoms with E-state index in [9.17, 15) is 24.0 Å². The minimum absolute atomic E-state index is 0.0666. The zero-order valence-corrected chi connectivity index (χ0v) is 22.0. The number of esters is 1. The maximum atomic E-state index is 13.1. The standard InChI is InChI=1S/C26H35N3O9/c1-26(2,3)38-21(31)9-11-35-13-15-37-16-14-36-12-10-27-18-6-4-5-17-22(18)25(34)29(24(17)33)19-7-8-20(30)28-23(19)32/h4-6,19,27H,7-16H2,1-3H3,(H,28,30,32). The molecule has 0 aromatic heterocycles. The number of nitrogens with one attached hydrogen (secondary N) is 2. The highest BCUT2D eigenvalue weighted by molar-refractivity contribution is 6.25. The van der Waals surface area contributed by atoms with Crippen LogP contribution in [-0.4, -0.2) is 92.3 Å². The molecule has 12 heteroatoms. The number of amides is 4. The van der Waals surface area contributed by atoms with E-state index in [1.165, 1.54) is 0 Å². The van der Waals surface area contributed by atoms with E-state index in [1.54, 1.807) is 18.2 Å². The number of nitrogens with zero attached hydrogens (tertiary/aromatic N) is 1. The van der Waals surface area contributed by atoms with Crippen molar-refractivity contribution in [3.63, 3.8) is 0 Å². The summed E-state index contributed by atoms with van der Waals surface area (Å²) in [5.74, 6) is -2.48. The van der Waals surface area contributed by atoms with E-state index >= 15 is 0 Å². The normalized spacial score (nSPS) is 17.4. The van der Waals surface area contributed by atoms with Gasteiger partial charge in [-0.2, -0.15) is 0 Å². The Morgan fingerprint density at radius 2 is 1.63 bits per heavy atom. The largest absolute Gasteiger partial charge is 0.460 e. The summed E-state index contributed by atoms with van der Waals surface area (Å²) in [5, 5.41) is 5.29. The van der Waals surface area contributed by atoms with Gasteiger partial charge in [0, 0.05) is 18.7 Å². The first-order chi connectivity index (χ1) is 18.1. The van der Waals surface area contributed by atoms with Crippen LogP contribution in [-0.2, 0) is 33.3 Å². The molecule has 12 nitrogen and oxygen atoms in total. The number of hydrogen-bond donors (Lipinski definition) is 2. The topological polar surface area (TPSA) is 150 Å². The number of rotatable bonds is 14. The fourth-order valence-electron chi connectivity index (χ4n) is 4.01. The van der Waals surface area contributed by atoms with Crippen LogP contribution in [0.1, 0.15) is 60.7 Å². The molecule has 38 heavy (non-hydrogen) atoms. The zero-order valence-electron chi connectivity index (χ0n) is 22.0. The van der Waals surface area contributed by atoms with Gasteiger partial charge in [-0.1, -0.05) is 6.07 Å². The van der Waals surface area contributed by atoms with Gasteiger partial charge < -0.3 is 24.3 Å². The number of benzene rings is 1. The summed E-state index contributed by atoms with van der Waals surface area (Å²) in [6.45, 7) is 7.86. The maximum absolute atomic E-state index is 13.1. The fourth-order valence-corrected chi connectivity index (χ4v) is 4.01. The number of hydrogen-bond acceptors (Lipinski definition) is 10. The molecule has 2 aliphatic heterocycles. The Hall–Kier alpha value is -3.35. The van der Waals surface area contributed by atoms with Gasteiger partial charge in [-0.05, 0) is 39.3 Å². The predicted molar refractivity (Wildman–Crippen MR) is 135 cm³/mol. The van der Waals surface area contributed by atoms with Crippen molar-refractivity contribution in [1.29, 1.82) is 0 Å². The van der Waals surface area contributed by atoms with Crippen LogP contribution in [0, 0.1) is 0 Å². The molecular weight excluding hydrogens is 498 g/mol. The molecule has 0 aliphatic carbocycles. The Morgan fingerprint density at radius 3 is 2.29 bits per heavy atom. The van der Waals surface area contributed by atoms with Crippen LogP contribution in [0.5, 0.6) is 0 Å². The van der Waals surface area contributed by atoms with Gasteiger partial charge in [-0.15, -0.1) is 0 Å². The molecule has 0 spiro atoms. The van der Waals surface area contributed by atoms with E-state index in [0.29, 0.717) is 45.3 Å². The van der Waals surface area contributed by atoms with Crippen molar-refractivity contribution < 1.29 is 42.9 Å². The summed E-state index contributed by atoms with van der Waals surface area (Å²) in [7, 11) is 0. The van der Waals surface area contributed by atoms with Crippen LogP contribution in [0.2, 0.25) is 0 Å². The first-order valence-electron chi connectivity index (χ1n) is 12.6. The van der Waals surface area contributed by atoms with Gasteiger partial charge in [0.05, 0.1) is 57.2 Å². The van der Waals surface area contributed by atoms with E-state index in [2.05, 4.69) is 10.6 Å². The van der Waals surface area contributed by atoms with Gasteiger partial charge in [0.15, 0.2) is 0 Å².